The Hall–Kier alpha value is -1.82. The highest BCUT2D eigenvalue weighted by Crippen LogP contribution is 2.38. The molecule has 108 valence electrons. The quantitative estimate of drug-likeness (QED) is 0.685. The molecule has 7 heteroatoms. The maximum atomic E-state index is 11.4. The van der Waals surface area contributed by atoms with Gasteiger partial charge in [0.15, 0.2) is 0 Å². The summed E-state index contributed by atoms with van der Waals surface area (Å²) >= 11 is 6.09. The summed E-state index contributed by atoms with van der Waals surface area (Å²) in [4.78, 5) is 23.4. The first-order valence-electron chi connectivity index (χ1n) is 6.27. The summed E-state index contributed by atoms with van der Waals surface area (Å²) in [6.45, 7) is 5.56. The Morgan fingerprint density at radius 3 is 2.40 bits per heavy atom. The van der Waals surface area contributed by atoms with Crippen LogP contribution in [0.2, 0.25) is 5.02 Å². The molecule has 0 amide bonds. The minimum atomic E-state index is -1.21. The third kappa shape index (κ3) is 2.56. The van der Waals surface area contributed by atoms with Crippen molar-refractivity contribution in [3.05, 3.63) is 32.8 Å². The number of nitro groups is 1. The van der Waals surface area contributed by atoms with Crippen molar-refractivity contribution in [3.63, 3.8) is 0 Å². The lowest BCUT2D eigenvalue weighted by molar-refractivity contribution is -0.384. The predicted octanol–water partition coefficient (Wildman–Crippen LogP) is 3.04. The average Bonchev–Trinajstić information content (AvgIpc) is 2.67. The number of non-ortho nitro benzene ring substituents is 1. The Morgan fingerprint density at radius 2 is 1.95 bits per heavy atom. The number of carboxylic acids is 1. The lowest BCUT2D eigenvalue weighted by Gasteiger charge is -2.21. The van der Waals surface area contributed by atoms with Crippen LogP contribution >= 0.6 is 11.6 Å². The van der Waals surface area contributed by atoms with Gasteiger partial charge in [0.25, 0.3) is 5.69 Å². The second kappa shape index (κ2) is 5.28. The van der Waals surface area contributed by atoms with Crippen molar-refractivity contribution in [2.75, 3.05) is 18.0 Å². The largest absolute Gasteiger partial charge is 0.478 e. The highest BCUT2D eigenvalue weighted by atomic mass is 35.5. The molecule has 0 spiro atoms. The zero-order chi connectivity index (χ0) is 15.0. The zero-order valence-corrected chi connectivity index (χ0v) is 11.9. The van der Waals surface area contributed by atoms with Crippen LogP contribution in [0.25, 0.3) is 0 Å². The third-order valence-corrected chi connectivity index (χ3v) is 4.08. The molecule has 2 atom stereocenters. The molecule has 1 aromatic carbocycles. The molecule has 1 N–H and O–H groups in total. The minimum absolute atomic E-state index is 0.109. The van der Waals surface area contributed by atoms with E-state index in [0.717, 1.165) is 6.07 Å². The molecule has 20 heavy (non-hydrogen) atoms. The number of anilines is 1. The number of carbonyl (C=O) groups is 1. The maximum Gasteiger partial charge on any atom is 0.338 e. The van der Waals surface area contributed by atoms with Crippen molar-refractivity contribution in [2.45, 2.75) is 13.8 Å². The number of nitro benzene ring substituents is 1. The predicted molar refractivity (Wildman–Crippen MR) is 75.6 cm³/mol. The molecule has 6 nitrogen and oxygen atoms in total. The number of hydrogen-bond acceptors (Lipinski definition) is 4. The van der Waals surface area contributed by atoms with Crippen molar-refractivity contribution < 1.29 is 14.8 Å². The van der Waals surface area contributed by atoms with Gasteiger partial charge in [0.2, 0.25) is 0 Å². The highest BCUT2D eigenvalue weighted by Gasteiger charge is 2.31. The zero-order valence-electron chi connectivity index (χ0n) is 11.2. The fourth-order valence-corrected chi connectivity index (χ4v) is 2.82. The second-order valence-corrected chi connectivity index (χ2v) is 5.65. The van der Waals surface area contributed by atoms with E-state index >= 15 is 0 Å². The number of aromatic carboxylic acids is 1. The van der Waals surface area contributed by atoms with E-state index in [1.807, 2.05) is 4.90 Å². The van der Waals surface area contributed by atoms with E-state index in [0.29, 0.717) is 30.6 Å². The lowest BCUT2D eigenvalue weighted by Crippen LogP contribution is -2.23. The monoisotopic (exact) mass is 298 g/mol. The van der Waals surface area contributed by atoms with E-state index in [1.54, 1.807) is 0 Å². The van der Waals surface area contributed by atoms with Crippen molar-refractivity contribution >= 4 is 28.9 Å². The van der Waals surface area contributed by atoms with E-state index in [-0.39, 0.29) is 16.3 Å². The molecule has 0 saturated carbocycles. The molecule has 2 unspecified atom stereocenters. The van der Waals surface area contributed by atoms with Gasteiger partial charge in [-0.2, -0.15) is 0 Å². The van der Waals surface area contributed by atoms with Crippen molar-refractivity contribution in [3.8, 4) is 0 Å². The summed E-state index contributed by atoms with van der Waals surface area (Å²) in [5.74, 6) is -0.372. The molecule has 1 aliphatic heterocycles. The maximum absolute atomic E-state index is 11.4. The van der Waals surface area contributed by atoms with Crippen LogP contribution in [-0.2, 0) is 0 Å². The summed E-state index contributed by atoms with van der Waals surface area (Å²) < 4.78 is 0. The van der Waals surface area contributed by atoms with E-state index in [1.165, 1.54) is 6.07 Å². The van der Waals surface area contributed by atoms with Crippen molar-refractivity contribution in [1.29, 1.82) is 0 Å². The molecule has 1 saturated heterocycles. The van der Waals surface area contributed by atoms with E-state index in [2.05, 4.69) is 13.8 Å². The molecular formula is C13H15ClN2O4. The smallest absolute Gasteiger partial charge is 0.338 e. The first kappa shape index (κ1) is 14.6. The first-order valence-corrected chi connectivity index (χ1v) is 6.65. The number of rotatable bonds is 3. The summed E-state index contributed by atoms with van der Waals surface area (Å²) in [5.41, 5.74) is -0.0529. The van der Waals surface area contributed by atoms with Crippen LogP contribution in [0.1, 0.15) is 24.2 Å². The summed E-state index contributed by atoms with van der Waals surface area (Å²) in [5, 5.41) is 20.2. The van der Waals surface area contributed by atoms with Crippen LogP contribution in [0.15, 0.2) is 12.1 Å². The Morgan fingerprint density at radius 1 is 1.40 bits per heavy atom. The lowest BCUT2D eigenvalue weighted by atomic mass is 10.0. The van der Waals surface area contributed by atoms with Crippen molar-refractivity contribution in [2.24, 2.45) is 11.8 Å². The standard InChI is InChI=1S/C13H15ClN2O4/c1-7-5-15(6-8(7)2)12-10(13(17)18)3-9(16(19)20)4-11(12)14/h3-4,7-8H,5-6H2,1-2H3,(H,17,18). The van der Waals surface area contributed by atoms with Gasteiger partial charge in [0.05, 0.1) is 21.2 Å². The van der Waals surface area contributed by atoms with Gasteiger partial charge in [-0.1, -0.05) is 25.4 Å². The van der Waals surface area contributed by atoms with Crippen LogP contribution in [0, 0.1) is 22.0 Å². The molecule has 0 aliphatic carbocycles. The van der Waals surface area contributed by atoms with Gasteiger partial charge in [-0.25, -0.2) is 4.79 Å². The molecule has 0 radical (unpaired) electrons. The molecule has 0 aromatic heterocycles. The minimum Gasteiger partial charge on any atom is -0.478 e. The highest BCUT2D eigenvalue weighted by molar-refractivity contribution is 6.34. The molecule has 1 aliphatic rings. The normalized spacial score (nSPS) is 22.1. The number of benzene rings is 1. The van der Waals surface area contributed by atoms with Gasteiger partial charge >= 0.3 is 5.97 Å². The second-order valence-electron chi connectivity index (χ2n) is 5.25. The molecular weight excluding hydrogens is 284 g/mol. The molecule has 0 bridgehead atoms. The Labute approximate surface area is 121 Å². The molecule has 1 aromatic rings. The molecule has 1 fully saturated rings. The first-order chi connectivity index (χ1) is 9.31. The van der Waals surface area contributed by atoms with Crippen LogP contribution in [0.5, 0.6) is 0 Å². The fourth-order valence-electron chi connectivity index (χ4n) is 2.49. The van der Waals surface area contributed by atoms with E-state index in [9.17, 15) is 20.0 Å². The van der Waals surface area contributed by atoms with Crippen LogP contribution in [0.3, 0.4) is 0 Å². The van der Waals surface area contributed by atoms with Gasteiger partial charge in [0, 0.05) is 25.2 Å². The Kier molecular flexibility index (Phi) is 3.85. The average molecular weight is 299 g/mol. The van der Waals surface area contributed by atoms with E-state index in [4.69, 9.17) is 11.6 Å². The number of nitrogens with zero attached hydrogens (tertiary/aromatic N) is 2. The molecule has 2 rings (SSSR count). The number of carboxylic acid groups (broad SMARTS) is 1. The number of halogens is 1. The summed E-state index contributed by atoms with van der Waals surface area (Å²) in [7, 11) is 0. The SMILES string of the molecule is CC1CN(c2c(Cl)cc([N+](=O)[O-])cc2C(=O)O)CC1C. The van der Waals surface area contributed by atoms with Crippen LogP contribution in [0.4, 0.5) is 11.4 Å². The van der Waals surface area contributed by atoms with E-state index < -0.39 is 10.9 Å². The van der Waals surface area contributed by atoms with Gasteiger partial charge in [-0.3, -0.25) is 10.1 Å². The topological polar surface area (TPSA) is 83.7 Å². The fraction of sp³-hybridized carbons (Fsp3) is 0.462. The van der Waals surface area contributed by atoms with Crippen LogP contribution < -0.4 is 4.90 Å². The van der Waals surface area contributed by atoms with Gasteiger partial charge < -0.3 is 10.0 Å². The van der Waals surface area contributed by atoms with Crippen molar-refractivity contribution in [1.82, 2.24) is 0 Å². The molecule has 1 heterocycles. The number of hydrogen-bond donors (Lipinski definition) is 1. The Bertz CT molecular complexity index is 566. The van der Waals surface area contributed by atoms with Gasteiger partial charge in [0.1, 0.15) is 0 Å². The van der Waals surface area contributed by atoms with Gasteiger partial charge in [-0.05, 0) is 11.8 Å². The van der Waals surface area contributed by atoms with Crippen LogP contribution in [-0.4, -0.2) is 29.1 Å². The summed E-state index contributed by atoms with van der Waals surface area (Å²) in [6.07, 6.45) is 0. The third-order valence-electron chi connectivity index (χ3n) is 3.79. The Balaban J connectivity index is 2.52. The van der Waals surface area contributed by atoms with Gasteiger partial charge in [-0.15, -0.1) is 0 Å². The summed E-state index contributed by atoms with van der Waals surface area (Å²) in [6, 6.07) is 2.27.